The van der Waals surface area contributed by atoms with E-state index >= 15 is 0 Å². The molecule has 0 aliphatic carbocycles. The molecule has 26 heavy (non-hydrogen) atoms. The molecule has 0 unspecified atom stereocenters. The van der Waals surface area contributed by atoms with Gasteiger partial charge in [-0.2, -0.15) is 0 Å². The number of para-hydroxylation sites is 1. The van der Waals surface area contributed by atoms with Crippen LogP contribution in [0.1, 0.15) is 24.0 Å². The molecule has 3 aromatic rings. The second-order valence-corrected chi connectivity index (χ2v) is 6.24. The van der Waals surface area contributed by atoms with Crippen LogP contribution in [0.4, 0.5) is 0 Å². The molecule has 0 fully saturated rings. The lowest BCUT2D eigenvalue weighted by Crippen LogP contribution is -2.37. The van der Waals surface area contributed by atoms with Crippen molar-refractivity contribution in [1.29, 1.82) is 0 Å². The number of hydrogen-bond acceptors (Lipinski definition) is 4. The zero-order valence-corrected chi connectivity index (χ0v) is 14.8. The Morgan fingerprint density at radius 1 is 1.23 bits per heavy atom. The lowest BCUT2D eigenvalue weighted by atomic mass is 9.85. The summed E-state index contributed by atoms with van der Waals surface area (Å²) in [5, 5.41) is 13.1. The van der Waals surface area contributed by atoms with E-state index in [1.165, 1.54) is 0 Å². The van der Waals surface area contributed by atoms with Crippen molar-refractivity contribution >= 4 is 28.5 Å². The van der Waals surface area contributed by atoms with Crippen LogP contribution in [-0.2, 0) is 9.53 Å². The molecule has 0 amide bonds. The first-order chi connectivity index (χ1) is 12.5. The van der Waals surface area contributed by atoms with Crippen molar-refractivity contribution in [2.75, 3.05) is 6.61 Å². The summed E-state index contributed by atoms with van der Waals surface area (Å²) in [6, 6.07) is 12.6. The highest BCUT2D eigenvalue weighted by molar-refractivity contribution is 6.30. The van der Waals surface area contributed by atoms with Crippen LogP contribution in [0, 0.1) is 10.1 Å². The predicted molar refractivity (Wildman–Crippen MR) is 99.0 cm³/mol. The Hall–Kier alpha value is -2.86. The van der Waals surface area contributed by atoms with Crippen LogP contribution >= 0.6 is 11.6 Å². The minimum Gasteiger partial charge on any atom is -0.461 e. The molecule has 1 aromatic heterocycles. The average Bonchev–Trinajstić information content (AvgIpc) is 3.04. The summed E-state index contributed by atoms with van der Waals surface area (Å²) < 4.78 is 4.98. The van der Waals surface area contributed by atoms with Gasteiger partial charge in [-0.15, -0.1) is 0 Å². The van der Waals surface area contributed by atoms with E-state index in [-0.39, 0.29) is 6.61 Å². The van der Waals surface area contributed by atoms with E-state index in [1.54, 1.807) is 37.4 Å². The number of ether oxygens (including phenoxy) is 1. The third-order valence-electron chi connectivity index (χ3n) is 4.26. The number of nitrogens with one attached hydrogen (secondary N) is 1. The zero-order valence-electron chi connectivity index (χ0n) is 14.0. The number of aromatic nitrogens is 1. The summed E-state index contributed by atoms with van der Waals surface area (Å²) >= 11 is 5.96. The Morgan fingerprint density at radius 3 is 2.58 bits per heavy atom. The Kier molecular flexibility index (Phi) is 5.23. The quantitative estimate of drug-likeness (QED) is 0.400. The second kappa shape index (κ2) is 7.58. The first-order valence-electron chi connectivity index (χ1n) is 8.14. The Morgan fingerprint density at radius 2 is 1.92 bits per heavy atom. The van der Waals surface area contributed by atoms with Gasteiger partial charge in [0.2, 0.25) is 0 Å². The SMILES string of the molecule is CCOC(=O)[C@H]([C@H](c1ccc(Cl)cc1)c1c[nH]c2ccccc12)[N+](=O)[O-]. The first kappa shape index (κ1) is 17.9. The van der Waals surface area contributed by atoms with E-state index in [9.17, 15) is 14.9 Å². The van der Waals surface area contributed by atoms with E-state index < -0.39 is 22.9 Å². The highest BCUT2D eigenvalue weighted by Gasteiger charge is 2.43. The number of H-pyrrole nitrogens is 1. The molecular formula is C19H17ClN2O4. The van der Waals surface area contributed by atoms with Crippen LogP contribution in [0.25, 0.3) is 10.9 Å². The minimum atomic E-state index is -1.56. The maximum atomic E-state index is 12.4. The van der Waals surface area contributed by atoms with E-state index in [1.807, 2.05) is 24.3 Å². The van der Waals surface area contributed by atoms with E-state index in [0.717, 1.165) is 10.9 Å². The number of carbonyl (C=O) groups is 1. The summed E-state index contributed by atoms with van der Waals surface area (Å²) in [5.74, 6) is -1.67. The van der Waals surface area contributed by atoms with Gasteiger partial charge in [-0.05, 0) is 36.2 Å². The monoisotopic (exact) mass is 372 g/mol. The zero-order chi connectivity index (χ0) is 18.7. The van der Waals surface area contributed by atoms with E-state index in [0.29, 0.717) is 16.1 Å². The van der Waals surface area contributed by atoms with Gasteiger partial charge in [-0.25, -0.2) is 4.79 Å². The molecule has 1 N–H and O–H groups in total. The highest BCUT2D eigenvalue weighted by atomic mass is 35.5. The van der Waals surface area contributed by atoms with Gasteiger partial charge in [0, 0.05) is 27.0 Å². The van der Waals surface area contributed by atoms with Gasteiger partial charge in [-0.1, -0.05) is 41.9 Å². The van der Waals surface area contributed by atoms with Crippen LogP contribution in [0.5, 0.6) is 0 Å². The molecule has 0 radical (unpaired) electrons. The standard InChI is InChI=1S/C19H17ClN2O4/c1-2-26-19(23)18(22(24)25)17(12-7-9-13(20)10-8-12)15-11-21-16-6-4-3-5-14(15)16/h3-11,17-18,21H,2H2,1H3/t17-,18+/m1/s1. The number of aromatic amines is 1. The van der Waals surface area contributed by atoms with Gasteiger partial charge in [0.25, 0.3) is 0 Å². The van der Waals surface area contributed by atoms with Crippen LogP contribution < -0.4 is 0 Å². The van der Waals surface area contributed by atoms with E-state index in [2.05, 4.69) is 4.98 Å². The normalized spacial score (nSPS) is 13.3. The van der Waals surface area contributed by atoms with Crippen LogP contribution in [0.2, 0.25) is 5.02 Å². The number of fused-ring (bicyclic) bond motifs is 1. The number of rotatable bonds is 6. The molecule has 0 saturated heterocycles. The number of hydrogen-bond donors (Lipinski definition) is 1. The number of esters is 1. The molecule has 6 nitrogen and oxygen atoms in total. The Bertz CT molecular complexity index is 936. The van der Waals surface area contributed by atoms with Crippen molar-refractivity contribution in [2.24, 2.45) is 0 Å². The summed E-state index contributed by atoms with van der Waals surface area (Å²) in [6.07, 6.45) is 1.71. The molecule has 0 saturated carbocycles. The van der Waals surface area contributed by atoms with Crippen LogP contribution in [0.3, 0.4) is 0 Å². The van der Waals surface area contributed by atoms with Crippen molar-refractivity contribution in [3.05, 3.63) is 81.0 Å². The van der Waals surface area contributed by atoms with Crippen molar-refractivity contribution < 1.29 is 14.5 Å². The number of nitrogens with zero attached hydrogens (tertiary/aromatic N) is 1. The smallest absolute Gasteiger partial charge is 0.382 e. The summed E-state index contributed by atoms with van der Waals surface area (Å²) in [5.41, 5.74) is 2.12. The maximum absolute atomic E-state index is 12.4. The van der Waals surface area contributed by atoms with Crippen molar-refractivity contribution in [2.45, 2.75) is 18.9 Å². The van der Waals surface area contributed by atoms with Gasteiger partial charge in [0.15, 0.2) is 0 Å². The fourth-order valence-electron chi connectivity index (χ4n) is 3.12. The molecular weight excluding hydrogens is 356 g/mol. The number of nitro groups is 1. The first-order valence-corrected chi connectivity index (χ1v) is 8.52. The number of carbonyl (C=O) groups excluding carboxylic acids is 1. The van der Waals surface area contributed by atoms with Gasteiger partial charge in [0.1, 0.15) is 0 Å². The second-order valence-electron chi connectivity index (χ2n) is 5.80. The third kappa shape index (κ3) is 3.41. The molecule has 0 aliphatic rings. The molecule has 134 valence electrons. The summed E-state index contributed by atoms with van der Waals surface area (Å²) in [6.45, 7) is 1.70. The van der Waals surface area contributed by atoms with Gasteiger partial charge in [-0.3, -0.25) is 10.1 Å². The fraction of sp³-hybridized carbons (Fsp3) is 0.211. The van der Waals surface area contributed by atoms with E-state index in [4.69, 9.17) is 16.3 Å². The molecule has 0 bridgehead atoms. The molecule has 1 heterocycles. The number of benzene rings is 2. The third-order valence-corrected chi connectivity index (χ3v) is 4.51. The highest BCUT2D eigenvalue weighted by Crippen LogP contribution is 2.35. The molecule has 2 aromatic carbocycles. The number of halogens is 1. The molecule has 3 rings (SSSR count). The lowest BCUT2D eigenvalue weighted by Gasteiger charge is -2.20. The molecule has 2 atom stereocenters. The molecule has 7 heteroatoms. The summed E-state index contributed by atoms with van der Waals surface area (Å²) in [7, 11) is 0. The van der Waals surface area contributed by atoms with Gasteiger partial charge < -0.3 is 9.72 Å². The van der Waals surface area contributed by atoms with Gasteiger partial charge in [0.05, 0.1) is 12.5 Å². The Labute approximate surface area is 154 Å². The fourth-order valence-corrected chi connectivity index (χ4v) is 3.25. The van der Waals surface area contributed by atoms with Crippen molar-refractivity contribution in [3.63, 3.8) is 0 Å². The lowest BCUT2D eigenvalue weighted by molar-refractivity contribution is -0.513. The van der Waals surface area contributed by atoms with Crippen LogP contribution in [0.15, 0.2) is 54.7 Å². The van der Waals surface area contributed by atoms with Gasteiger partial charge >= 0.3 is 12.0 Å². The van der Waals surface area contributed by atoms with Crippen molar-refractivity contribution in [3.8, 4) is 0 Å². The summed E-state index contributed by atoms with van der Waals surface area (Å²) in [4.78, 5) is 26.7. The average molecular weight is 373 g/mol. The molecule has 0 spiro atoms. The topological polar surface area (TPSA) is 85.2 Å². The minimum absolute atomic E-state index is 0.0738. The largest absolute Gasteiger partial charge is 0.461 e. The Balaban J connectivity index is 2.20. The molecule has 0 aliphatic heterocycles. The maximum Gasteiger partial charge on any atom is 0.382 e. The van der Waals surface area contributed by atoms with Crippen molar-refractivity contribution in [1.82, 2.24) is 4.98 Å². The predicted octanol–water partition coefficient (Wildman–Crippen LogP) is 4.16. The van der Waals surface area contributed by atoms with Crippen LogP contribution in [-0.4, -0.2) is 28.5 Å².